The Bertz CT molecular complexity index is 613. The zero-order chi connectivity index (χ0) is 24.4. The van der Waals surface area contributed by atoms with Crippen molar-refractivity contribution in [1.82, 2.24) is 0 Å². The molecule has 0 radical (unpaired) electrons. The summed E-state index contributed by atoms with van der Waals surface area (Å²) < 4.78 is 44.4. The van der Waals surface area contributed by atoms with Gasteiger partial charge in [-0.05, 0) is 6.92 Å². The Kier molecular flexibility index (Phi) is 9.32. The van der Waals surface area contributed by atoms with Crippen molar-refractivity contribution < 1.29 is 73.7 Å². The Labute approximate surface area is 187 Å². The Balaban J connectivity index is 1.70. The zero-order valence-corrected chi connectivity index (χ0v) is 17.6. The SMILES string of the molecule is CC1OC(CO)C(OC2OC(CO)C(OC3OC(CF)C(O)OC3O)C(O)C2O)C(O)C1O. The van der Waals surface area contributed by atoms with E-state index in [1.165, 1.54) is 6.92 Å². The van der Waals surface area contributed by atoms with Crippen LogP contribution in [0.2, 0.25) is 0 Å². The number of aliphatic hydroxyl groups is 8. The summed E-state index contributed by atoms with van der Waals surface area (Å²) in [6.45, 7) is -1.08. The van der Waals surface area contributed by atoms with Gasteiger partial charge in [-0.15, -0.1) is 0 Å². The van der Waals surface area contributed by atoms with Gasteiger partial charge in [0.15, 0.2) is 12.6 Å². The highest BCUT2D eigenvalue weighted by atomic mass is 19.1. The van der Waals surface area contributed by atoms with E-state index in [0.717, 1.165) is 0 Å². The van der Waals surface area contributed by atoms with Crippen molar-refractivity contribution in [3.05, 3.63) is 0 Å². The first-order chi connectivity index (χ1) is 15.6. The monoisotopic (exact) mass is 490 g/mol. The van der Waals surface area contributed by atoms with Crippen LogP contribution in [0, 0.1) is 0 Å². The Morgan fingerprint density at radius 2 is 1.15 bits per heavy atom. The van der Waals surface area contributed by atoms with Crippen LogP contribution in [0.1, 0.15) is 6.92 Å². The molecule has 3 aliphatic heterocycles. The molecule has 0 aliphatic carbocycles. The molecule has 194 valence electrons. The van der Waals surface area contributed by atoms with Crippen LogP contribution < -0.4 is 0 Å². The highest BCUT2D eigenvalue weighted by Gasteiger charge is 2.52. The first-order valence-electron chi connectivity index (χ1n) is 10.4. The van der Waals surface area contributed by atoms with E-state index in [1.54, 1.807) is 0 Å². The summed E-state index contributed by atoms with van der Waals surface area (Å²) in [5.74, 6) is 0. The molecule has 3 rings (SSSR count). The first kappa shape index (κ1) is 27.0. The van der Waals surface area contributed by atoms with Crippen LogP contribution in [0.5, 0.6) is 0 Å². The lowest BCUT2D eigenvalue weighted by molar-refractivity contribution is -0.412. The lowest BCUT2D eigenvalue weighted by Crippen LogP contribution is -2.65. The maximum Gasteiger partial charge on any atom is 0.210 e. The lowest BCUT2D eigenvalue weighted by atomic mass is 9.95. The lowest BCUT2D eigenvalue weighted by Gasteiger charge is -2.47. The fourth-order valence-corrected chi connectivity index (χ4v) is 3.90. The molecular weight excluding hydrogens is 459 g/mol. The minimum absolute atomic E-state index is 0.599. The normalized spacial score (nSPS) is 51.5. The van der Waals surface area contributed by atoms with Crippen molar-refractivity contribution in [2.24, 2.45) is 0 Å². The number of hydrogen-bond acceptors (Lipinski definition) is 14. The highest BCUT2D eigenvalue weighted by Crippen LogP contribution is 2.31. The first-order valence-corrected chi connectivity index (χ1v) is 10.4. The smallest absolute Gasteiger partial charge is 0.210 e. The van der Waals surface area contributed by atoms with Gasteiger partial charge in [-0.25, -0.2) is 4.39 Å². The fraction of sp³-hybridized carbons (Fsp3) is 1.00. The quantitative estimate of drug-likeness (QED) is 0.168. The van der Waals surface area contributed by atoms with E-state index < -0.39 is 106 Å². The van der Waals surface area contributed by atoms with E-state index in [9.17, 15) is 45.2 Å². The molecule has 14 nitrogen and oxygen atoms in total. The summed E-state index contributed by atoms with van der Waals surface area (Å²) in [4.78, 5) is 0. The number of aliphatic hydroxyl groups excluding tert-OH is 8. The molecule has 0 aromatic heterocycles. The number of hydrogen-bond donors (Lipinski definition) is 8. The largest absolute Gasteiger partial charge is 0.394 e. The minimum Gasteiger partial charge on any atom is -0.394 e. The second-order valence-electron chi connectivity index (χ2n) is 8.07. The number of ether oxygens (including phenoxy) is 6. The van der Waals surface area contributed by atoms with Crippen molar-refractivity contribution in [3.8, 4) is 0 Å². The number of alkyl halides is 1. The molecule has 0 amide bonds. The van der Waals surface area contributed by atoms with Gasteiger partial charge < -0.3 is 69.3 Å². The van der Waals surface area contributed by atoms with Crippen LogP contribution in [-0.2, 0) is 28.4 Å². The third kappa shape index (κ3) is 5.62. The zero-order valence-electron chi connectivity index (χ0n) is 17.6. The molecule has 8 N–H and O–H groups in total. The van der Waals surface area contributed by atoms with Gasteiger partial charge in [0.25, 0.3) is 0 Å². The maximum atomic E-state index is 13.0. The fourth-order valence-electron chi connectivity index (χ4n) is 3.90. The van der Waals surface area contributed by atoms with E-state index >= 15 is 0 Å². The minimum atomic E-state index is -1.89. The Morgan fingerprint density at radius 1 is 0.636 bits per heavy atom. The molecule has 3 fully saturated rings. The Morgan fingerprint density at radius 3 is 1.73 bits per heavy atom. The molecule has 0 aromatic rings. The van der Waals surface area contributed by atoms with E-state index in [0.29, 0.717) is 0 Å². The van der Waals surface area contributed by atoms with Gasteiger partial charge in [-0.1, -0.05) is 0 Å². The van der Waals surface area contributed by atoms with Crippen molar-refractivity contribution in [3.63, 3.8) is 0 Å². The molecule has 3 aliphatic rings. The molecule has 33 heavy (non-hydrogen) atoms. The van der Waals surface area contributed by atoms with Crippen LogP contribution in [-0.4, -0.2) is 147 Å². The topological polar surface area (TPSA) is 217 Å². The van der Waals surface area contributed by atoms with Crippen LogP contribution in [0.15, 0.2) is 0 Å². The van der Waals surface area contributed by atoms with Gasteiger partial charge in [-0.3, -0.25) is 0 Å². The van der Waals surface area contributed by atoms with Gasteiger partial charge in [0.1, 0.15) is 61.6 Å². The second-order valence-corrected chi connectivity index (χ2v) is 8.07. The molecule has 15 heteroatoms. The van der Waals surface area contributed by atoms with E-state index in [1.807, 2.05) is 0 Å². The summed E-state index contributed by atoms with van der Waals surface area (Å²) in [6, 6.07) is 0. The Hall–Kier alpha value is -0.630. The van der Waals surface area contributed by atoms with Crippen molar-refractivity contribution in [1.29, 1.82) is 0 Å². The summed E-state index contributed by atoms with van der Waals surface area (Å²) >= 11 is 0. The summed E-state index contributed by atoms with van der Waals surface area (Å²) in [5.41, 5.74) is 0. The van der Waals surface area contributed by atoms with Crippen LogP contribution in [0.3, 0.4) is 0 Å². The average molecular weight is 490 g/mol. The van der Waals surface area contributed by atoms with Crippen LogP contribution in [0.4, 0.5) is 4.39 Å². The van der Waals surface area contributed by atoms with Gasteiger partial charge in [0.05, 0.1) is 19.3 Å². The van der Waals surface area contributed by atoms with Crippen molar-refractivity contribution in [2.45, 2.75) is 93.1 Å². The van der Waals surface area contributed by atoms with Gasteiger partial charge >= 0.3 is 0 Å². The molecule has 0 aromatic carbocycles. The molecule has 3 heterocycles. The van der Waals surface area contributed by atoms with Gasteiger partial charge in [-0.2, -0.15) is 0 Å². The molecule has 0 bridgehead atoms. The molecule has 0 spiro atoms. The van der Waals surface area contributed by atoms with Crippen molar-refractivity contribution in [2.75, 3.05) is 19.9 Å². The molecule has 14 unspecified atom stereocenters. The molecular formula is C18H31FO14. The van der Waals surface area contributed by atoms with E-state index in [2.05, 4.69) is 0 Å². The highest BCUT2D eigenvalue weighted by molar-refractivity contribution is 4.95. The third-order valence-corrected chi connectivity index (χ3v) is 5.80. The predicted octanol–water partition coefficient (Wildman–Crippen LogP) is -4.95. The molecule has 14 atom stereocenters. The van der Waals surface area contributed by atoms with Crippen LogP contribution in [0.25, 0.3) is 0 Å². The van der Waals surface area contributed by atoms with Crippen LogP contribution >= 0.6 is 0 Å². The third-order valence-electron chi connectivity index (χ3n) is 5.80. The summed E-state index contributed by atoms with van der Waals surface area (Å²) in [7, 11) is 0. The number of halogens is 1. The predicted molar refractivity (Wildman–Crippen MR) is 98.7 cm³/mol. The van der Waals surface area contributed by atoms with Gasteiger partial charge in [0.2, 0.25) is 12.6 Å². The van der Waals surface area contributed by atoms with E-state index in [-0.39, 0.29) is 0 Å². The van der Waals surface area contributed by atoms with Gasteiger partial charge in [0, 0.05) is 0 Å². The molecule has 3 saturated heterocycles. The standard InChI is InChI=1S/C18H31FO14/c1-5-9(22)10(23)13(7(3-20)28-5)31-17-12(25)11(24)14(8(4-21)30-17)32-18-16(27)33-15(26)6(2-19)29-18/h5-18,20-27H,2-4H2,1H3. The average Bonchev–Trinajstić information content (AvgIpc) is 2.79. The van der Waals surface area contributed by atoms with Crippen molar-refractivity contribution >= 4 is 0 Å². The maximum absolute atomic E-state index is 13.0. The second kappa shape index (κ2) is 11.4. The summed E-state index contributed by atoms with van der Waals surface area (Å²) in [5, 5.41) is 80.1. The molecule has 0 saturated carbocycles. The summed E-state index contributed by atoms with van der Waals surface area (Å²) in [6.07, 6.45) is -21.3. The van der Waals surface area contributed by atoms with E-state index in [4.69, 9.17) is 28.4 Å². The number of rotatable bonds is 7.